The molecule has 122 valence electrons. The smallest absolute Gasteiger partial charge is 0.354 e. The lowest BCUT2D eigenvalue weighted by atomic mass is 10.3. The average molecular weight is 336 g/mol. The van der Waals surface area contributed by atoms with Crippen molar-refractivity contribution in [2.75, 3.05) is 18.0 Å². The highest BCUT2D eigenvalue weighted by molar-refractivity contribution is 7.92. The van der Waals surface area contributed by atoms with Gasteiger partial charge in [-0.05, 0) is 43.3 Å². The number of pyridine rings is 1. The van der Waals surface area contributed by atoms with Crippen molar-refractivity contribution in [2.24, 2.45) is 0 Å². The molecule has 0 saturated carbocycles. The van der Waals surface area contributed by atoms with Crippen molar-refractivity contribution in [3.05, 3.63) is 48.2 Å². The van der Waals surface area contributed by atoms with Crippen LogP contribution >= 0.6 is 0 Å². The molecule has 0 fully saturated rings. The van der Waals surface area contributed by atoms with Crippen LogP contribution in [0.4, 0.5) is 5.82 Å². The number of benzene rings is 1. The third-order valence-electron chi connectivity index (χ3n) is 3.14. The van der Waals surface area contributed by atoms with Gasteiger partial charge in [0, 0.05) is 6.54 Å². The monoisotopic (exact) mass is 336 g/mol. The van der Waals surface area contributed by atoms with Crippen LogP contribution in [0.5, 0.6) is 5.75 Å². The summed E-state index contributed by atoms with van der Waals surface area (Å²) in [5.74, 6) is -0.619. The highest BCUT2D eigenvalue weighted by Gasteiger charge is 2.25. The number of methoxy groups -OCH3 is 1. The van der Waals surface area contributed by atoms with E-state index < -0.39 is 16.0 Å². The van der Waals surface area contributed by atoms with Crippen LogP contribution < -0.4 is 9.04 Å². The maximum Gasteiger partial charge on any atom is 0.354 e. The number of aromatic carboxylic acids is 1. The van der Waals surface area contributed by atoms with Crippen molar-refractivity contribution >= 4 is 21.8 Å². The van der Waals surface area contributed by atoms with Crippen LogP contribution in [0.3, 0.4) is 0 Å². The molecule has 7 nitrogen and oxygen atoms in total. The van der Waals surface area contributed by atoms with Crippen LogP contribution in [0.15, 0.2) is 47.4 Å². The first-order valence-corrected chi connectivity index (χ1v) is 8.21. The maximum absolute atomic E-state index is 12.7. The Balaban J connectivity index is 2.46. The molecule has 0 saturated heterocycles. The van der Waals surface area contributed by atoms with Gasteiger partial charge in [0.2, 0.25) is 0 Å². The Labute approximate surface area is 134 Å². The van der Waals surface area contributed by atoms with Gasteiger partial charge < -0.3 is 9.84 Å². The minimum atomic E-state index is -3.85. The van der Waals surface area contributed by atoms with Crippen molar-refractivity contribution in [1.29, 1.82) is 0 Å². The third-order valence-corrected chi connectivity index (χ3v) is 5.04. The molecule has 0 radical (unpaired) electrons. The van der Waals surface area contributed by atoms with E-state index in [4.69, 9.17) is 9.84 Å². The summed E-state index contributed by atoms with van der Waals surface area (Å²) in [6.07, 6.45) is 0. The molecule has 0 atom stereocenters. The minimum Gasteiger partial charge on any atom is -0.497 e. The SMILES string of the molecule is CCN(c1cccc(C(=O)O)n1)S(=O)(=O)c1ccc(OC)cc1. The van der Waals surface area contributed by atoms with E-state index in [1.165, 1.54) is 37.4 Å². The Hall–Kier alpha value is -2.61. The van der Waals surface area contributed by atoms with Crippen LogP contribution in [0, 0.1) is 0 Å². The normalized spacial score (nSPS) is 11.0. The first kappa shape index (κ1) is 16.8. The largest absolute Gasteiger partial charge is 0.497 e. The molecule has 0 aliphatic rings. The Morgan fingerprint density at radius 1 is 1.22 bits per heavy atom. The van der Waals surface area contributed by atoms with Crippen LogP contribution in [0.25, 0.3) is 0 Å². The molecule has 0 aliphatic carbocycles. The highest BCUT2D eigenvalue weighted by Crippen LogP contribution is 2.23. The molecule has 1 aromatic heterocycles. The summed E-state index contributed by atoms with van der Waals surface area (Å²) in [5, 5.41) is 9.00. The van der Waals surface area contributed by atoms with Crippen molar-refractivity contribution in [3.8, 4) is 5.75 Å². The third kappa shape index (κ3) is 3.42. The number of rotatable bonds is 6. The number of ether oxygens (including phenoxy) is 1. The molecular weight excluding hydrogens is 320 g/mol. The summed E-state index contributed by atoms with van der Waals surface area (Å²) in [6, 6.07) is 10.2. The van der Waals surface area contributed by atoms with Gasteiger partial charge in [-0.3, -0.25) is 4.31 Å². The average Bonchev–Trinajstić information content (AvgIpc) is 2.55. The van der Waals surface area contributed by atoms with Gasteiger partial charge in [-0.15, -0.1) is 0 Å². The Morgan fingerprint density at radius 2 is 1.87 bits per heavy atom. The quantitative estimate of drug-likeness (QED) is 0.866. The number of carboxylic acids is 1. The van der Waals surface area contributed by atoms with Gasteiger partial charge in [0.05, 0.1) is 12.0 Å². The lowest BCUT2D eigenvalue weighted by Crippen LogP contribution is -2.31. The van der Waals surface area contributed by atoms with Crippen LogP contribution in [0.1, 0.15) is 17.4 Å². The van der Waals surface area contributed by atoms with Gasteiger partial charge in [0.25, 0.3) is 10.0 Å². The number of carbonyl (C=O) groups is 1. The number of carboxylic acid groups (broad SMARTS) is 1. The Bertz CT molecular complexity index is 803. The predicted molar refractivity (Wildman–Crippen MR) is 84.4 cm³/mol. The zero-order valence-corrected chi connectivity index (χ0v) is 13.4. The number of sulfonamides is 1. The lowest BCUT2D eigenvalue weighted by molar-refractivity contribution is 0.0690. The zero-order chi connectivity index (χ0) is 17.0. The van der Waals surface area contributed by atoms with E-state index in [-0.39, 0.29) is 23.0 Å². The topological polar surface area (TPSA) is 96.8 Å². The number of aromatic nitrogens is 1. The summed E-state index contributed by atoms with van der Waals surface area (Å²) < 4.78 is 31.6. The number of anilines is 1. The molecule has 1 heterocycles. The van der Waals surface area contributed by atoms with Gasteiger partial charge >= 0.3 is 5.97 Å². The second-order valence-corrected chi connectivity index (χ2v) is 6.39. The van der Waals surface area contributed by atoms with Crippen LogP contribution in [-0.4, -0.2) is 38.1 Å². The molecule has 8 heteroatoms. The van der Waals surface area contributed by atoms with Crippen LogP contribution in [-0.2, 0) is 10.0 Å². The van der Waals surface area contributed by atoms with Gasteiger partial charge in [0.1, 0.15) is 11.6 Å². The summed E-state index contributed by atoms with van der Waals surface area (Å²) in [7, 11) is -2.36. The van der Waals surface area contributed by atoms with Gasteiger partial charge in [0.15, 0.2) is 5.69 Å². The Kier molecular flexibility index (Phi) is 4.85. The van der Waals surface area contributed by atoms with E-state index in [1.807, 2.05) is 0 Å². The lowest BCUT2D eigenvalue weighted by Gasteiger charge is -2.22. The molecule has 0 bridgehead atoms. The Morgan fingerprint density at radius 3 is 2.39 bits per heavy atom. The van der Waals surface area contributed by atoms with E-state index in [2.05, 4.69) is 4.98 Å². The maximum atomic E-state index is 12.7. The van der Waals surface area contributed by atoms with E-state index >= 15 is 0 Å². The molecule has 0 unspecified atom stereocenters. The molecule has 23 heavy (non-hydrogen) atoms. The molecule has 0 spiro atoms. The molecule has 2 aromatic rings. The fraction of sp³-hybridized carbons (Fsp3) is 0.200. The van der Waals surface area contributed by atoms with Crippen molar-refractivity contribution in [3.63, 3.8) is 0 Å². The fourth-order valence-corrected chi connectivity index (χ4v) is 3.43. The molecule has 0 amide bonds. The molecule has 1 N–H and O–H groups in total. The fourth-order valence-electron chi connectivity index (χ4n) is 2.01. The second kappa shape index (κ2) is 6.66. The molecular formula is C15H16N2O5S. The molecule has 1 aromatic carbocycles. The summed E-state index contributed by atoms with van der Waals surface area (Å²) >= 11 is 0. The minimum absolute atomic E-state index is 0.0585. The van der Waals surface area contributed by atoms with Gasteiger partial charge in [-0.25, -0.2) is 18.2 Å². The second-order valence-electron chi connectivity index (χ2n) is 4.53. The predicted octanol–water partition coefficient (Wildman–Crippen LogP) is 2.00. The summed E-state index contributed by atoms with van der Waals surface area (Å²) in [6.45, 7) is 1.76. The zero-order valence-electron chi connectivity index (χ0n) is 12.6. The molecule has 2 rings (SSSR count). The van der Waals surface area contributed by atoms with E-state index in [0.717, 1.165) is 4.31 Å². The van der Waals surface area contributed by atoms with Crippen LogP contribution in [0.2, 0.25) is 0 Å². The number of nitrogens with zero attached hydrogens (tertiary/aromatic N) is 2. The highest BCUT2D eigenvalue weighted by atomic mass is 32.2. The summed E-state index contributed by atoms with van der Waals surface area (Å²) in [4.78, 5) is 15.0. The van der Waals surface area contributed by atoms with Crippen molar-refractivity contribution < 1.29 is 23.1 Å². The summed E-state index contributed by atoms with van der Waals surface area (Å²) in [5.41, 5.74) is -0.217. The number of hydrogen-bond donors (Lipinski definition) is 1. The van der Waals surface area contributed by atoms with Gasteiger partial charge in [-0.1, -0.05) is 6.07 Å². The number of hydrogen-bond acceptors (Lipinski definition) is 5. The van der Waals surface area contributed by atoms with E-state index in [0.29, 0.717) is 5.75 Å². The standard InChI is InChI=1S/C15H16N2O5S/c1-3-17(14-6-4-5-13(16-14)15(18)19)23(20,21)12-9-7-11(22-2)8-10-12/h4-10H,3H2,1-2H3,(H,18,19). The van der Waals surface area contributed by atoms with E-state index in [1.54, 1.807) is 19.1 Å². The van der Waals surface area contributed by atoms with Crippen molar-refractivity contribution in [2.45, 2.75) is 11.8 Å². The van der Waals surface area contributed by atoms with Crippen molar-refractivity contribution in [1.82, 2.24) is 4.98 Å². The first-order valence-electron chi connectivity index (χ1n) is 6.77. The molecule has 0 aliphatic heterocycles. The van der Waals surface area contributed by atoms with Gasteiger partial charge in [-0.2, -0.15) is 0 Å². The van der Waals surface area contributed by atoms with E-state index in [9.17, 15) is 13.2 Å². The first-order chi connectivity index (χ1) is 10.9.